The van der Waals surface area contributed by atoms with E-state index in [1.54, 1.807) is 24.3 Å². The maximum Gasteiger partial charge on any atom is 0.323 e. The number of nitriles is 1. The minimum atomic E-state index is -0.374. The van der Waals surface area contributed by atoms with Crippen LogP contribution >= 0.6 is 0 Å². The highest BCUT2D eigenvalue weighted by Crippen LogP contribution is 2.34. The first-order valence-corrected chi connectivity index (χ1v) is 13.2. The van der Waals surface area contributed by atoms with Gasteiger partial charge in [0, 0.05) is 23.5 Å². The molecular formula is C28H30N8O3. The molecule has 11 nitrogen and oxygen atoms in total. The number of nitrogens with one attached hydrogen (secondary N) is 2. The lowest BCUT2D eigenvalue weighted by molar-refractivity contribution is 0.0895. The molecule has 2 aromatic carbocycles. The van der Waals surface area contributed by atoms with Gasteiger partial charge in [-0.3, -0.25) is 0 Å². The molecule has 3 atom stereocenters. The summed E-state index contributed by atoms with van der Waals surface area (Å²) < 4.78 is 11.4. The van der Waals surface area contributed by atoms with E-state index in [2.05, 4.69) is 33.4 Å². The molecule has 2 N–H and O–H groups in total. The number of carbonyl (C=O) groups is 1. The highest BCUT2D eigenvalue weighted by Gasteiger charge is 2.39. The number of ether oxygens (including phenoxy) is 2. The molecule has 0 radical (unpaired) electrons. The van der Waals surface area contributed by atoms with Crippen molar-refractivity contribution >= 4 is 29.3 Å². The molecule has 2 bridgehead atoms. The Balaban J connectivity index is 1.24. The van der Waals surface area contributed by atoms with E-state index in [4.69, 9.17) is 29.7 Å². The minimum Gasteiger partial charge on any atom is -0.377 e. The van der Waals surface area contributed by atoms with Gasteiger partial charge in [0.15, 0.2) is 5.82 Å². The molecule has 4 heterocycles. The third kappa shape index (κ3) is 5.34. The van der Waals surface area contributed by atoms with Gasteiger partial charge in [0.1, 0.15) is 0 Å². The number of aromatic nitrogens is 3. The van der Waals surface area contributed by atoms with Gasteiger partial charge in [-0.25, -0.2) is 4.79 Å². The van der Waals surface area contributed by atoms with Gasteiger partial charge in [-0.15, -0.1) is 0 Å². The molecule has 3 aromatic rings. The third-order valence-electron chi connectivity index (χ3n) is 7.38. The molecule has 3 aliphatic rings. The molecule has 1 aromatic heterocycles. The number of nitrogens with zero attached hydrogens (tertiary/aromatic N) is 6. The number of amides is 2. The molecule has 11 heteroatoms. The van der Waals surface area contributed by atoms with Crippen LogP contribution in [0, 0.1) is 11.3 Å². The van der Waals surface area contributed by atoms with Gasteiger partial charge in [0.05, 0.1) is 56.2 Å². The van der Waals surface area contributed by atoms with Gasteiger partial charge in [-0.1, -0.05) is 0 Å². The molecule has 0 saturated carbocycles. The van der Waals surface area contributed by atoms with E-state index in [0.29, 0.717) is 61.1 Å². The van der Waals surface area contributed by atoms with Gasteiger partial charge in [0.2, 0.25) is 11.9 Å². The van der Waals surface area contributed by atoms with Crippen molar-refractivity contribution in [3.05, 3.63) is 54.1 Å². The quantitative estimate of drug-likeness (QED) is 0.512. The molecule has 6 rings (SSSR count). The summed E-state index contributed by atoms with van der Waals surface area (Å²) in [5.74, 6) is 1.93. The van der Waals surface area contributed by atoms with Crippen molar-refractivity contribution in [3.8, 4) is 17.5 Å². The first-order chi connectivity index (χ1) is 19.1. The monoisotopic (exact) mass is 526 g/mol. The average molecular weight is 527 g/mol. The van der Waals surface area contributed by atoms with Crippen molar-refractivity contribution in [3.63, 3.8) is 0 Å². The Morgan fingerprint density at radius 2 is 1.54 bits per heavy atom. The van der Waals surface area contributed by atoms with Gasteiger partial charge >= 0.3 is 6.03 Å². The number of hydrogen-bond acceptors (Lipinski definition) is 9. The van der Waals surface area contributed by atoms with Crippen molar-refractivity contribution in [2.45, 2.75) is 37.9 Å². The van der Waals surface area contributed by atoms with Crippen molar-refractivity contribution in [1.29, 1.82) is 5.26 Å². The van der Waals surface area contributed by atoms with Crippen LogP contribution in [0.15, 0.2) is 48.5 Å². The number of urea groups is 1. The zero-order valence-electron chi connectivity index (χ0n) is 21.7. The predicted molar refractivity (Wildman–Crippen MR) is 147 cm³/mol. The Labute approximate surface area is 226 Å². The maximum atomic E-state index is 12.5. The molecule has 3 saturated heterocycles. The number of rotatable bonds is 5. The molecule has 39 heavy (non-hydrogen) atoms. The second-order valence-electron chi connectivity index (χ2n) is 10.1. The summed E-state index contributed by atoms with van der Waals surface area (Å²) in [6.45, 7) is 5.47. The van der Waals surface area contributed by atoms with Crippen LogP contribution in [0.4, 0.5) is 28.1 Å². The van der Waals surface area contributed by atoms with Crippen LogP contribution in [0.2, 0.25) is 0 Å². The highest BCUT2D eigenvalue weighted by atomic mass is 16.5. The van der Waals surface area contributed by atoms with Gasteiger partial charge < -0.3 is 29.9 Å². The summed E-state index contributed by atoms with van der Waals surface area (Å²) in [5, 5.41) is 14.5. The molecule has 3 unspecified atom stereocenters. The Morgan fingerprint density at radius 3 is 2.18 bits per heavy atom. The van der Waals surface area contributed by atoms with Crippen LogP contribution in [0.25, 0.3) is 11.4 Å². The van der Waals surface area contributed by atoms with Crippen molar-refractivity contribution in [2.24, 2.45) is 0 Å². The summed E-state index contributed by atoms with van der Waals surface area (Å²) in [4.78, 5) is 31.7. The Kier molecular flexibility index (Phi) is 6.96. The second kappa shape index (κ2) is 10.8. The van der Waals surface area contributed by atoms with Crippen molar-refractivity contribution in [1.82, 2.24) is 15.0 Å². The van der Waals surface area contributed by atoms with Crippen LogP contribution in [0.3, 0.4) is 0 Å². The molecule has 3 fully saturated rings. The zero-order chi connectivity index (χ0) is 26.8. The standard InChI is InChI=1S/C28H30N8O3/c1-18-15-38-13-12-35(18)26-32-25(33-27(34-26)36-23-10-11-24(36)17-39-16-23)20-4-8-22(9-5-20)31-28(37)30-21-6-2-19(14-29)3-7-21/h2-9,18,23-24H,10-13,15-17H2,1H3,(H2,30,31,37). The van der Waals surface area contributed by atoms with E-state index in [9.17, 15) is 4.79 Å². The van der Waals surface area contributed by atoms with E-state index in [0.717, 1.165) is 24.9 Å². The summed E-state index contributed by atoms with van der Waals surface area (Å²) in [5.41, 5.74) is 2.60. The first-order valence-electron chi connectivity index (χ1n) is 13.2. The lowest BCUT2D eigenvalue weighted by Crippen LogP contribution is -2.48. The van der Waals surface area contributed by atoms with Crippen LogP contribution < -0.4 is 20.4 Å². The smallest absolute Gasteiger partial charge is 0.323 e. The maximum absolute atomic E-state index is 12.5. The van der Waals surface area contributed by atoms with Gasteiger partial charge in [-0.05, 0) is 68.3 Å². The number of hydrogen-bond donors (Lipinski definition) is 2. The van der Waals surface area contributed by atoms with Crippen LogP contribution in [0.5, 0.6) is 0 Å². The van der Waals surface area contributed by atoms with Crippen LogP contribution in [-0.4, -0.2) is 72.1 Å². The second-order valence-corrected chi connectivity index (χ2v) is 10.1. The lowest BCUT2D eigenvalue weighted by Gasteiger charge is -2.36. The summed E-state index contributed by atoms with van der Waals surface area (Å²) in [6.07, 6.45) is 2.14. The summed E-state index contributed by atoms with van der Waals surface area (Å²) in [6, 6.07) is 16.5. The summed E-state index contributed by atoms with van der Waals surface area (Å²) in [7, 11) is 0. The number of benzene rings is 2. The summed E-state index contributed by atoms with van der Waals surface area (Å²) >= 11 is 0. The van der Waals surface area contributed by atoms with E-state index in [1.807, 2.05) is 24.3 Å². The molecule has 0 spiro atoms. The van der Waals surface area contributed by atoms with Gasteiger partial charge in [-0.2, -0.15) is 20.2 Å². The molecule has 200 valence electrons. The number of anilines is 4. The Morgan fingerprint density at radius 1 is 0.897 bits per heavy atom. The molecule has 0 aliphatic carbocycles. The first kappa shape index (κ1) is 25.0. The van der Waals surface area contributed by atoms with E-state index >= 15 is 0 Å². The van der Waals surface area contributed by atoms with Crippen LogP contribution in [-0.2, 0) is 9.47 Å². The SMILES string of the molecule is CC1COCCN1c1nc(-c2ccc(NC(=O)Nc3ccc(C#N)cc3)cc2)nc(N2C3CCC2COC3)n1. The van der Waals surface area contributed by atoms with E-state index in [-0.39, 0.29) is 24.2 Å². The topological polar surface area (TPSA) is 129 Å². The normalized spacial score (nSPS) is 22.3. The number of morpholine rings is 2. The number of fused-ring (bicyclic) bond motifs is 2. The number of carbonyl (C=O) groups excluding carboxylic acids is 1. The molecule has 2 amide bonds. The minimum absolute atomic E-state index is 0.157. The van der Waals surface area contributed by atoms with Gasteiger partial charge in [0.25, 0.3) is 0 Å². The predicted octanol–water partition coefficient (Wildman–Crippen LogP) is 3.65. The third-order valence-corrected chi connectivity index (χ3v) is 7.38. The lowest BCUT2D eigenvalue weighted by atomic mass is 10.2. The fourth-order valence-corrected chi connectivity index (χ4v) is 5.33. The van der Waals surface area contributed by atoms with E-state index < -0.39 is 0 Å². The van der Waals surface area contributed by atoms with Crippen molar-refractivity contribution in [2.75, 3.05) is 53.4 Å². The average Bonchev–Trinajstić information content (AvgIpc) is 3.21. The zero-order valence-corrected chi connectivity index (χ0v) is 21.7. The fourth-order valence-electron chi connectivity index (χ4n) is 5.33. The largest absolute Gasteiger partial charge is 0.377 e. The fraction of sp³-hybridized carbons (Fsp3) is 0.393. The van der Waals surface area contributed by atoms with E-state index in [1.165, 1.54) is 0 Å². The molecular weight excluding hydrogens is 496 g/mol. The highest BCUT2D eigenvalue weighted by molar-refractivity contribution is 5.99. The Bertz CT molecular complexity index is 1360. The molecule has 3 aliphatic heterocycles. The van der Waals surface area contributed by atoms with Crippen molar-refractivity contribution < 1.29 is 14.3 Å². The Hall–Kier alpha value is -4.27. The van der Waals surface area contributed by atoms with Crippen LogP contribution in [0.1, 0.15) is 25.3 Å².